The molecule has 1 aromatic carbocycles. The van der Waals surface area contributed by atoms with Crippen LogP contribution in [0.4, 0.5) is 0 Å². The minimum atomic E-state index is 0.551. The fourth-order valence-corrected chi connectivity index (χ4v) is 3.32. The van der Waals surface area contributed by atoms with E-state index in [4.69, 9.17) is 0 Å². The molecule has 1 nitrogen and oxygen atoms in total. The number of hydrogen-bond acceptors (Lipinski definition) is 1. The fourth-order valence-electron chi connectivity index (χ4n) is 3.32. The van der Waals surface area contributed by atoms with E-state index in [1.807, 2.05) is 0 Å². The van der Waals surface area contributed by atoms with E-state index in [1.54, 1.807) is 0 Å². The summed E-state index contributed by atoms with van der Waals surface area (Å²) in [6.07, 6.45) is 9.56. The molecule has 0 radical (unpaired) electrons. The summed E-state index contributed by atoms with van der Waals surface area (Å²) in [6.45, 7) is 5.89. The second-order valence-corrected chi connectivity index (χ2v) is 6.64. The molecule has 0 spiro atoms. The van der Waals surface area contributed by atoms with E-state index in [0.717, 1.165) is 11.8 Å². The summed E-state index contributed by atoms with van der Waals surface area (Å²) in [4.78, 5) is 0. The highest BCUT2D eigenvalue weighted by atomic mass is 14.9. The summed E-state index contributed by atoms with van der Waals surface area (Å²) >= 11 is 0. The summed E-state index contributed by atoms with van der Waals surface area (Å²) in [5.74, 6) is 1.86. The van der Waals surface area contributed by atoms with Crippen LogP contribution in [0.5, 0.6) is 0 Å². The standard InChI is InChI=1S/C19H31N/c1-3-4-10-19(18-8-6-5-7-9-18)20-15-17-13-11-16(2)12-14-17/h5-9,16-17,19-20H,3-4,10-15H2,1-2H3. The third kappa shape index (κ3) is 4.94. The lowest BCUT2D eigenvalue weighted by atomic mass is 9.83. The average Bonchev–Trinajstić information content (AvgIpc) is 2.50. The van der Waals surface area contributed by atoms with Gasteiger partial charge in [0.2, 0.25) is 0 Å². The molecule has 0 heterocycles. The Bertz CT molecular complexity index is 351. The smallest absolute Gasteiger partial charge is 0.0320 e. The van der Waals surface area contributed by atoms with Gasteiger partial charge in [-0.3, -0.25) is 0 Å². The summed E-state index contributed by atoms with van der Waals surface area (Å²) in [7, 11) is 0. The Hall–Kier alpha value is -0.820. The Kier molecular flexibility index (Phi) is 6.59. The summed E-state index contributed by atoms with van der Waals surface area (Å²) in [5, 5.41) is 3.86. The first kappa shape index (κ1) is 15.6. The van der Waals surface area contributed by atoms with Crippen LogP contribution in [0.1, 0.15) is 70.4 Å². The molecule has 1 aliphatic carbocycles. The fraction of sp³-hybridized carbons (Fsp3) is 0.684. The lowest BCUT2D eigenvalue weighted by Crippen LogP contribution is -2.29. The van der Waals surface area contributed by atoms with Gasteiger partial charge in [-0.2, -0.15) is 0 Å². The van der Waals surface area contributed by atoms with Crippen LogP contribution < -0.4 is 5.32 Å². The van der Waals surface area contributed by atoms with E-state index in [2.05, 4.69) is 49.5 Å². The summed E-state index contributed by atoms with van der Waals surface area (Å²) < 4.78 is 0. The van der Waals surface area contributed by atoms with Gasteiger partial charge >= 0.3 is 0 Å². The minimum absolute atomic E-state index is 0.551. The maximum Gasteiger partial charge on any atom is 0.0320 e. The Morgan fingerprint density at radius 2 is 1.80 bits per heavy atom. The van der Waals surface area contributed by atoms with Gasteiger partial charge in [0.15, 0.2) is 0 Å². The minimum Gasteiger partial charge on any atom is -0.310 e. The second-order valence-electron chi connectivity index (χ2n) is 6.64. The molecule has 0 amide bonds. The van der Waals surface area contributed by atoms with Crippen LogP contribution >= 0.6 is 0 Å². The molecule has 0 aliphatic heterocycles. The quantitative estimate of drug-likeness (QED) is 0.707. The van der Waals surface area contributed by atoms with Crippen LogP contribution in [0.25, 0.3) is 0 Å². The predicted molar refractivity (Wildman–Crippen MR) is 87.8 cm³/mol. The lowest BCUT2D eigenvalue weighted by Gasteiger charge is -2.28. The molecule has 0 aromatic heterocycles. The van der Waals surface area contributed by atoms with Crippen molar-refractivity contribution in [1.82, 2.24) is 5.32 Å². The zero-order chi connectivity index (χ0) is 14.2. The Morgan fingerprint density at radius 3 is 2.45 bits per heavy atom. The van der Waals surface area contributed by atoms with Gasteiger partial charge in [0.05, 0.1) is 0 Å². The van der Waals surface area contributed by atoms with E-state index in [1.165, 1.54) is 57.1 Å². The molecule has 20 heavy (non-hydrogen) atoms. The molecule has 1 aromatic rings. The van der Waals surface area contributed by atoms with Gasteiger partial charge in [-0.15, -0.1) is 0 Å². The number of unbranched alkanes of at least 4 members (excludes halogenated alkanes) is 1. The van der Waals surface area contributed by atoms with Crippen LogP contribution in [0.2, 0.25) is 0 Å². The highest BCUT2D eigenvalue weighted by molar-refractivity contribution is 5.18. The van der Waals surface area contributed by atoms with Crippen molar-refractivity contribution in [3.8, 4) is 0 Å². The average molecular weight is 273 g/mol. The number of rotatable bonds is 7. The summed E-state index contributed by atoms with van der Waals surface area (Å²) in [6, 6.07) is 11.5. The molecule has 0 saturated heterocycles. The molecule has 1 aliphatic rings. The first-order chi connectivity index (χ1) is 9.79. The number of nitrogens with one attached hydrogen (secondary N) is 1. The van der Waals surface area contributed by atoms with Gasteiger partial charge in [0.25, 0.3) is 0 Å². The van der Waals surface area contributed by atoms with Gasteiger partial charge in [-0.1, -0.05) is 69.9 Å². The zero-order valence-electron chi connectivity index (χ0n) is 13.3. The molecule has 112 valence electrons. The van der Waals surface area contributed by atoms with Crippen molar-refractivity contribution < 1.29 is 0 Å². The normalized spacial score (nSPS) is 24.5. The Labute approximate surface area is 125 Å². The van der Waals surface area contributed by atoms with Crippen molar-refractivity contribution in [2.45, 2.75) is 64.8 Å². The van der Waals surface area contributed by atoms with Gasteiger partial charge in [-0.05, 0) is 43.2 Å². The third-order valence-electron chi connectivity index (χ3n) is 4.84. The van der Waals surface area contributed by atoms with Crippen molar-refractivity contribution >= 4 is 0 Å². The molecular weight excluding hydrogens is 242 g/mol. The summed E-state index contributed by atoms with van der Waals surface area (Å²) in [5.41, 5.74) is 1.46. The van der Waals surface area contributed by atoms with E-state index in [-0.39, 0.29) is 0 Å². The van der Waals surface area contributed by atoms with Gasteiger partial charge in [-0.25, -0.2) is 0 Å². The molecule has 1 heteroatoms. The van der Waals surface area contributed by atoms with E-state index in [9.17, 15) is 0 Å². The maximum atomic E-state index is 3.86. The Morgan fingerprint density at radius 1 is 1.10 bits per heavy atom. The van der Waals surface area contributed by atoms with Crippen molar-refractivity contribution in [3.63, 3.8) is 0 Å². The van der Waals surface area contributed by atoms with Crippen LogP contribution in [0.3, 0.4) is 0 Å². The van der Waals surface area contributed by atoms with Crippen LogP contribution in [0.15, 0.2) is 30.3 Å². The SMILES string of the molecule is CCCCC(NCC1CCC(C)CC1)c1ccccc1. The van der Waals surface area contributed by atoms with Gasteiger partial charge in [0.1, 0.15) is 0 Å². The largest absolute Gasteiger partial charge is 0.310 e. The molecule has 2 rings (SSSR count). The van der Waals surface area contributed by atoms with Crippen LogP contribution in [-0.2, 0) is 0 Å². The van der Waals surface area contributed by atoms with E-state index >= 15 is 0 Å². The van der Waals surface area contributed by atoms with Crippen molar-refractivity contribution in [3.05, 3.63) is 35.9 Å². The molecule has 1 saturated carbocycles. The highest BCUT2D eigenvalue weighted by Gasteiger charge is 2.19. The topological polar surface area (TPSA) is 12.0 Å². The van der Waals surface area contributed by atoms with Crippen LogP contribution in [0, 0.1) is 11.8 Å². The van der Waals surface area contributed by atoms with Crippen molar-refractivity contribution in [1.29, 1.82) is 0 Å². The molecule has 1 N–H and O–H groups in total. The predicted octanol–water partition coefficient (Wildman–Crippen LogP) is 5.33. The first-order valence-electron chi connectivity index (χ1n) is 8.58. The molecule has 1 unspecified atom stereocenters. The van der Waals surface area contributed by atoms with Gasteiger partial charge < -0.3 is 5.32 Å². The molecule has 0 bridgehead atoms. The van der Waals surface area contributed by atoms with Crippen molar-refractivity contribution in [2.75, 3.05) is 6.54 Å². The highest BCUT2D eigenvalue weighted by Crippen LogP contribution is 2.28. The molecule has 1 fully saturated rings. The Balaban J connectivity index is 1.84. The number of benzene rings is 1. The van der Waals surface area contributed by atoms with E-state index in [0.29, 0.717) is 6.04 Å². The third-order valence-corrected chi connectivity index (χ3v) is 4.84. The number of hydrogen-bond donors (Lipinski definition) is 1. The maximum absolute atomic E-state index is 3.86. The first-order valence-corrected chi connectivity index (χ1v) is 8.58. The molecular formula is C19H31N. The van der Waals surface area contributed by atoms with Crippen molar-refractivity contribution in [2.24, 2.45) is 11.8 Å². The van der Waals surface area contributed by atoms with Crippen LogP contribution in [-0.4, -0.2) is 6.54 Å². The molecule has 1 atom stereocenters. The van der Waals surface area contributed by atoms with Gasteiger partial charge in [0, 0.05) is 6.04 Å². The zero-order valence-corrected chi connectivity index (χ0v) is 13.3. The second kappa shape index (κ2) is 8.46. The lowest BCUT2D eigenvalue weighted by molar-refractivity contribution is 0.272. The van der Waals surface area contributed by atoms with E-state index < -0.39 is 0 Å². The monoisotopic (exact) mass is 273 g/mol.